The lowest BCUT2D eigenvalue weighted by atomic mass is 10.2. The largest absolute Gasteiger partial charge is 0.332 e. The third-order valence-electron chi connectivity index (χ3n) is 4.97. The Balaban J connectivity index is 2.55. The molecule has 7 nitrogen and oxygen atoms in total. The molecule has 0 N–H and O–H groups in total. The molecule has 0 fully saturated rings. The summed E-state index contributed by atoms with van der Waals surface area (Å²) in [6.45, 7) is 9.98. The summed E-state index contributed by atoms with van der Waals surface area (Å²) >= 11 is 0. The molecule has 140 valence electrons. The summed E-state index contributed by atoms with van der Waals surface area (Å²) in [6, 6.07) is 0. The van der Waals surface area contributed by atoms with Crippen molar-refractivity contribution in [2.24, 2.45) is 14.1 Å². The SMILES string of the molecule is CCCCCc1nc2c(c(=O)n(C)c(=O)n2C)n1CCN(CC)CC. The topological polar surface area (TPSA) is 65.1 Å². The van der Waals surface area contributed by atoms with Crippen molar-refractivity contribution in [2.75, 3.05) is 19.6 Å². The second kappa shape index (κ2) is 8.47. The van der Waals surface area contributed by atoms with E-state index < -0.39 is 0 Å². The Kier molecular flexibility index (Phi) is 6.58. The molecule has 0 unspecified atom stereocenters. The second-order valence-corrected chi connectivity index (χ2v) is 6.54. The van der Waals surface area contributed by atoms with Crippen LogP contribution in [0.15, 0.2) is 9.59 Å². The maximum atomic E-state index is 12.7. The molecule has 0 saturated carbocycles. The van der Waals surface area contributed by atoms with Crippen molar-refractivity contribution in [1.29, 1.82) is 0 Å². The van der Waals surface area contributed by atoms with Gasteiger partial charge in [0.05, 0.1) is 0 Å². The van der Waals surface area contributed by atoms with Gasteiger partial charge < -0.3 is 9.47 Å². The van der Waals surface area contributed by atoms with E-state index in [0.717, 1.165) is 51.1 Å². The van der Waals surface area contributed by atoms with E-state index in [9.17, 15) is 9.59 Å². The number of aryl methyl sites for hydroxylation is 2. The second-order valence-electron chi connectivity index (χ2n) is 6.54. The van der Waals surface area contributed by atoms with Crippen LogP contribution in [0.25, 0.3) is 11.2 Å². The van der Waals surface area contributed by atoms with Gasteiger partial charge in [-0.2, -0.15) is 0 Å². The summed E-state index contributed by atoms with van der Waals surface area (Å²) in [7, 11) is 3.21. The zero-order chi connectivity index (χ0) is 18.6. The van der Waals surface area contributed by atoms with E-state index in [1.165, 1.54) is 16.2 Å². The van der Waals surface area contributed by atoms with Gasteiger partial charge in [0.15, 0.2) is 11.2 Å². The molecule has 0 bridgehead atoms. The van der Waals surface area contributed by atoms with Crippen LogP contribution in [-0.2, 0) is 27.1 Å². The number of likely N-dealkylation sites (N-methyl/N-ethyl adjacent to an activating group) is 1. The first-order chi connectivity index (χ1) is 12.0. The third kappa shape index (κ3) is 3.86. The van der Waals surface area contributed by atoms with Crippen LogP contribution in [0.3, 0.4) is 0 Å². The first-order valence-electron chi connectivity index (χ1n) is 9.33. The fourth-order valence-corrected chi connectivity index (χ4v) is 3.24. The van der Waals surface area contributed by atoms with Gasteiger partial charge in [-0.3, -0.25) is 13.9 Å². The van der Waals surface area contributed by atoms with Crippen molar-refractivity contribution < 1.29 is 0 Å². The van der Waals surface area contributed by atoms with Crippen molar-refractivity contribution in [2.45, 2.75) is 53.0 Å². The molecule has 2 aromatic heterocycles. The summed E-state index contributed by atoms with van der Waals surface area (Å²) in [4.78, 5) is 31.9. The van der Waals surface area contributed by atoms with Gasteiger partial charge in [0.1, 0.15) is 5.82 Å². The maximum absolute atomic E-state index is 12.7. The van der Waals surface area contributed by atoms with E-state index in [0.29, 0.717) is 17.7 Å². The number of nitrogens with zero attached hydrogens (tertiary/aromatic N) is 5. The monoisotopic (exact) mass is 349 g/mol. The van der Waals surface area contributed by atoms with E-state index in [-0.39, 0.29) is 11.2 Å². The first-order valence-corrected chi connectivity index (χ1v) is 9.33. The molecule has 0 aliphatic heterocycles. The molecule has 0 saturated heterocycles. The van der Waals surface area contributed by atoms with Crippen molar-refractivity contribution >= 4 is 11.2 Å². The van der Waals surface area contributed by atoms with Crippen LogP contribution in [0.1, 0.15) is 45.9 Å². The Bertz CT molecular complexity index is 827. The highest BCUT2D eigenvalue weighted by atomic mass is 16.2. The van der Waals surface area contributed by atoms with Crippen molar-refractivity contribution in [3.05, 3.63) is 26.7 Å². The number of unbranched alkanes of at least 4 members (excludes halogenated alkanes) is 2. The molecule has 0 aliphatic carbocycles. The quantitative estimate of drug-likeness (QED) is 0.644. The van der Waals surface area contributed by atoms with Gasteiger partial charge in [0, 0.05) is 33.6 Å². The minimum atomic E-state index is -0.328. The molecule has 0 radical (unpaired) electrons. The highest BCUT2D eigenvalue weighted by Crippen LogP contribution is 2.14. The molecule has 2 aromatic rings. The predicted octanol–water partition coefficient (Wildman–Crippen LogP) is 1.51. The van der Waals surface area contributed by atoms with Crippen LogP contribution in [0, 0.1) is 0 Å². The molecule has 0 aliphatic rings. The summed E-state index contributed by atoms with van der Waals surface area (Å²) in [5, 5.41) is 0. The lowest BCUT2D eigenvalue weighted by molar-refractivity contribution is 0.290. The Morgan fingerprint density at radius 3 is 2.28 bits per heavy atom. The van der Waals surface area contributed by atoms with E-state index in [1.54, 1.807) is 7.05 Å². The minimum absolute atomic E-state index is 0.258. The highest BCUT2D eigenvalue weighted by Gasteiger charge is 2.19. The Labute approximate surface area is 148 Å². The highest BCUT2D eigenvalue weighted by molar-refractivity contribution is 5.71. The Morgan fingerprint density at radius 1 is 1.00 bits per heavy atom. The number of hydrogen-bond donors (Lipinski definition) is 0. The summed E-state index contributed by atoms with van der Waals surface area (Å²) in [5.74, 6) is 0.911. The zero-order valence-electron chi connectivity index (χ0n) is 16.2. The molecule has 0 atom stereocenters. The average molecular weight is 349 g/mol. The standard InChI is InChI=1S/C18H31N5O2/c1-6-9-10-11-14-19-16-15(17(24)21(5)18(25)20(16)4)23(14)13-12-22(7-2)8-3/h6-13H2,1-5H3. The van der Waals surface area contributed by atoms with Crippen molar-refractivity contribution in [1.82, 2.24) is 23.6 Å². The zero-order valence-corrected chi connectivity index (χ0v) is 16.2. The van der Waals surface area contributed by atoms with Crippen LogP contribution in [-0.4, -0.2) is 43.2 Å². The molecule has 2 heterocycles. The maximum Gasteiger partial charge on any atom is 0.332 e. The number of fused-ring (bicyclic) bond motifs is 1. The van der Waals surface area contributed by atoms with E-state index in [1.807, 2.05) is 4.57 Å². The molecule has 0 spiro atoms. The number of imidazole rings is 1. The van der Waals surface area contributed by atoms with Crippen LogP contribution in [0.4, 0.5) is 0 Å². The number of hydrogen-bond acceptors (Lipinski definition) is 4. The van der Waals surface area contributed by atoms with Crippen LogP contribution >= 0.6 is 0 Å². The first kappa shape index (κ1) is 19.4. The summed E-state index contributed by atoms with van der Waals surface area (Å²) in [6.07, 6.45) is 4.15. The molecule has 2 rings (SSSR count). The molecule has 7 heteroatoms. The van der Waals surface area contributed by atoms with Crippen LogP contribution in [0.5, 0.6) is 0 Å². The van der Waals surface area contributed by atoms with E-state index in [2.05, 4.69) is 30.7 Å². The smallest absolute Gasteiger partial charge is 0.321 e. The van der Waals surface area contributed by atoms with Crippen molar-refractivity contribution in [3.8, 4) is 0 Å². The van der Waals surface area contributed by atoms with Gasteiger partial charge in [0.2, 0.25) is 0 Å². The Morgan fingerprint density at radius 2 is 1.68 bits per heavy atom. The van der Waals surface area contributed by atoms with Crippen molar-refractivity contribution in [3.63, 3.8) is 0 Å². The van der Waals surface area contributed by atoms with Crippen LogP contribution in [0.2, 0.25) is 0 Å². The molecular formula is C18H31N5O2. The van der Waals surface area contributed by atoms with Gasteiger partial charge in [0.25, 0.3) is 5.56 Å². The van der Waals surface area contributed by atoms with Gasteiger partial charge in [-0.1, -0.05) is 33.6 Å². The van der Waals surface area contributed by atoms with Gasteiger partial charge in [-0.15, -0.1) is 0 Å². The van der Waals surface area contributed by atoms with Gasteiger partial charge >= 0.3 is 5.69 Å². The lowest BCUT2D eigenvalue weighted by Crippen LogP contribution is -2.38. The van der Waals surface area contributed by atoms with E-state index in [4.69, 9.17) is 0 Å². The summed E-state index contributed by atoms with van der Waals surface area (Å²) < 4.78 is 4.69. The predicted molar refractivity (Wildman–Crippen MR) is 101 cm³/mol. The number of rotatable bonds is 9. The van der Waals surface area contributed by atoms with Gasteiger partial charge in [-0.25, -0.2) is 9.78 Å². The fourth-order valence-electron chi connectivity index (χ4n) is 3.24. The molecule has 25 heavy (non-hydrogen) atoms. The fraction of sp³-hybridized carbons (Fsp3) is 0.722. The molecule has 0 amide bonds. The van der Waals surface area contributed by atoms with E-state index >= 15 is 0 Å². The average Bonchev–Trinajstić information content (AvgIpc) is 2.98. The molecule has 0 aromatic carbocycles. The third-order valence-corrected chi connectivity index (χ3v) is 4.97. The Hall–Kier alpha value is -1.89. The minimum Gasteiger partial charge on any atom is -0.321 e. The van der Waals surface area contributed by atoms with Gasteiger partial charge in [-0.05, 0) is 19.5 Å². The number of aromatic nitrogens is 4. The lowest BCUT2D eigenvalue weighted by Gasteiger charge is -2.19. The van der Waals surface area contributed by atoms with Crippen LogP contribution < -0.4 is 11.2 Å². The molecular weight excluding hydrogens is 318 g/mol. The normalized spacial score (nSPS) is 11.8. The summed E-state index contributed by atoms with van der Waals surface area (Å²) in [5.41, 5.74) is 0.459.